The van der Waals surface area contributed by atoms with Crippen molar-refractivity contribution in [3.05, 3.63) is 58.6 Å². The number of aromatic nitrogens is 1. The second-order valence-electron chi connectivity index (χ2n) is 16.0. The average Bonchev–Trinajstić information content (AvgIpc) is 3.90. The second kappa shape index (κ2) is 13.8. The molecule has 4 amide bonds. The van der Waals surface area contributed by atoms with Gasteiger partial charge in [-0.05, 0) is 67.1 Å². The van der Waals surface area contributed by atoms with E-state index in [-0.39, 0.29) is 25.3 Å². The second-order valence-corrected chi connectivity index (χ2v) is 18.8. The SMILES string of the molecule is C=C[C@@H]1C[C@]1(NC(=O)[C@@H]1C[C@@H]2CN1C(=O)[C@H](C(C)(C)C)Nc1nc(cs1)CCCCCc1cccc3c1CN(C3)C(=O)O2)C(=O)NS(=O)(=O)C1CC1. The molecule has 0 radical (unpaired) electrons. The molecule has 1 aromatic heterocycles. The first-order chi connectivity index (χ1) is 24.7. The number of carbonyl (C=O) groups excluding carboxylic acids is 4. The lowest BCUT2D eigenvalue weighted by molar-refractivity contribution is -0.141. The molecular weight excluding hydrogens is 705 g/mol. The maximum Gasteiger partial charge on any atom is 0.410 e. The van der Waals surface area contributed by atoms with Crippen LogP contribution >= 0.6 is 11.3 Å². The van der Waals surface area contributed by atoms with E-state index in [0.29, 0.717) is 31.1 Å². The highest BCUT2D eigenvalue weighted by atomic mass is 32.2. The zero-order chi connectivity index (χ0) is 37.0. The smallest absolute Gasteiger partial charge is 0.410 e. The highest BCUT2D eigenvalue weighted by Gasteiger charge is 2.62. The van der Waals surface area contributed by atoms with Gasteiger partial charge in [0.1, 0.15) is 23.7 Å². The van der Waals surface area contributed by atoms with E-state index in [1.165, 1.54) is 27.9 Å². The van der Waals surface area contributed by atoms with E-state index in [0.717, 1.165) is 48.9 Å². The Morgan fingerprint density at radius 1 is 1.12 bits per heavy atom. The molecule has 7 rings (SSSR count). The van der Waals surface area contributed by atoms with Gasteiger partial charge >= 0.3 is 6.09 Å². The van der Waals surface area contributed by atoms with Crippen LogP contribution in [0.3, 0.4) is 0 Å². The maximum absolute atomic E-state index is 14.6. The van der Waals surface area contributed by atoms with E-state index in [9.17, 15) is 27.6 Å². The molecule has 280 valence electrons. The Bertz CT molecular complexity index is 1890. The van der Waals surface area contributed by atoms with E-state index >= 15 is 0 Å². The molecule has 52 heavy (non-hydrogen) atoms. The molecule has 13 nitrogen and oxygen atoms in total. The van der Waals surface area contributed by atoms with Gasteiger partial charge in [0.15, 0.2) is 5.13 Å². The molecule has 1 saturated heterocycles. The minimum atomic E-state index is -3.88. The third-order valence-electron chi connectivity index (χ3n) is 11.0. The van der Waals surface area contributed by atoms with Gasteiger partial charge in [-0.25, -0.2) is 18.2 Å². The monoisotopic (exact) mass is 752 g/mol. The quantitative estimate of drug-likeness (QED) is 0.370. The third-order valence-corrected chi connectivity index (χ3v) is 13.7. The van der Waals surface area contributed by atoms with Crippen molar-refractivity contribution in [1.29, 1.82) is 0 Å². The zero-order valence-corrected chi connectivity index (χ0v) is 31.6. The number of fused-ring (bicyclic) bond motifs is 5. The van der Waals surface area contributed by atoms with E-state index in [4.69, 9.17) is 9.72 Å². The highest BCUT2D eigenvalue weighted by molar-refractivity contribution is 7.91. The van der Waals surface area contributed by atoms with Crippen molar-refractivity contribution in [2.24, 2.45) is 11.3 Å². The van der Waals surface area contributed by atoms with Crippen molar-refractivity contribution < 1.29 is 32.3 Å². The van der Waals surface area contributed by atoms with Crippen LogP contribution < -0.4 is 15.4 Å². The fraction of sp³-hybridized carbons (Fsp3) is 0.595. The minimum Gasteiger partial charge on any atom is -0.444 e. The summed E-state index contributed by atoms with van der Waals surface area (Å²) in [6.07, 6.45) is 6.08. The molecule has 2 aliphatic carbocycles. The Labute approximate surface area is 309 Å². The van der Waals surface area contributed by atoms with E-state index < -0.39 is 68.2 Å². The van der Waals surface area contributed by atoms with Crippen molar-refractivity contribution in [2.45, 2.75) is 121 Å². The molecule has 1 aromatic carbocycles. The number of nitrogens with one attached hydrogen (secondary N) is 3. The molecule has 5 aliphatic rings. The number of thiazole rings is 1. The summed E-state index contributed by atoms with van der Waals surface area (Å²) in [6, 6.07) is 4.29. The fourth-order valence-corrected chi connectivity index (χ4v) is 9.83. The van der Waals surface area contributed by atoms with Gasteiger partial charge in [-0.1, -0.05) is 51.5 Å². The van der Waals surface area contributed by atoms with Crippen molar-refractivity contribution >= 4 is 50.3 Å². The summed E-state index contributed by atoms with van der Waals surface area (Å²) in [7, 11) is -3.88. The van der Waals surface area contributed by atoms with Crippen molar-refractivity contribution in [3.8, 4) is 0 Å². The fourth-order valence-electron chi connectivity index (χ4n) is 7.69. The van der Waals surface area contributed by atoms with Crippen LogP contribution in [-0.4, -0.2) is 82.5 Å². The molecule has 0 unspecified atom stereocenters. The summed E-state index contributed by atoms with van der Waals surface area (Å²) in [6.45, 7) is 10.4. The van der Waals surface area contributed by atoms with Gasteiger partial charge in [-0.15, -0.1) is 17.9 Å². The molecule has 4 heterocycles. The van der Waals surface area contributed by atoms with Crippen molar-refractivity contribution in [1.82, 2.24) is 24.8 Å². The Hall–Kier alpha value is -3.98. The van der Waals surface area contributed by atoms with E-state index in [1.807, 2.05) is 38.3 Å². The van der Waals surface area contributed by atoms with Gasteiger partial charge in [-0.3, -0.25) is 24.0 Å². The molecular formula is C37H48N6O7S2. The summed E-state index contributed by atoms with van der Waals surface area (Å²) >= 11 is 1.43. The number of hydrogen-bond acceptors (Lipinski definition) is 10. The van der Waals surface area contributed by atoms with Crippen LogP contribution in [0.5, 0.6) is 0 Å². The number of anilines is 1. The predicted octanol–water partition coefficient (Wildman–Crippen LogP) is 4.03. The molecule has 2 saturated carbocycles. The first-order valence-corrected chi connectivity index (χ1v) is 20.7. The summed E-state index contributed by atoms with van der Waals surface area (Å²) in [5, 5.41) is 8.16. The molecule has 3 aliphatic heterocycles. The summed E-state index contributed by atoms with van der Waals surface area (Å²) < 4.78 is 33.6. The van der Waals surface area contributed by atoms with Gasteiger partial charge in [0.2, 0.25) is 21.8 Å². The Kier molecular flexibility index (Phi) is 9.64. The minimum absolute atomic E-state index is 0.00441. The van der Waals surface area contributed by atoms with Gasteiger partial charge < -0.3 is 20.3 Å². The topological polar surface area (TPSA) is 167 Å². The Morgan fingerprint density at radius 3 is 2.58 bits per heavy atom. The van der Waals surface area contributed by atoms with Crippen LogP contribution in [0.1, 0.15) is 88.1 Å². The lowest BCUT2D eigenvalue weighted by Crippen LogP contribution is -2.58. The number of carbonyl (C=O) groups is 4. The Balaban J connectivity index is 1.17. The van der Waals surface area contributed by atoms with E-state index in [1.54, 1.807) is 4.90 Å². The van der Waals surface area contributed by atoms with E-state index in [2.05, 4.69) is 28.0 Å². The molecule has 6 bridgehead atoms. The van der Waals surface area contributed by atoms with Crippen LogP contribution in [0.2, 0.25) is 0 Å². The molecule has 3 fully saturated rings. The normalized spacial score (nSPS) is 28.1. The maximum atomic E-state index is 14.6. The third kappa shape index (κ3) is 7.30. The van der Waals surface area contributed by atoms with Crippen LogP contribution in [0.4, 0.5) is 9.93 Å². The summed E-state index contributed by atoms with van der Waals surface area (Å²) in [5.41, 5.74) is 2.28. The van der Waals surface area contributed by atoms with Crippen LogP contribution in [0, 0.1) is 11.3 Å². The van der Waals surface area contributed by atoms with Gasteiger partial charge in [-0.2, -0.15) is 0 Å². The first-order valence-electron chi connectivity index (χ1n) is 18.3. The van der Waals surface area contributed by atoms with Crippen LogP contribution in [0.25, 0.3) is 0 Å². The first kappa shape index (κ1) is 36.4. The number of amides is 4. The average molecular weight is 753 g/mol. The van der Waals surface area contributed by atoms with Gasteiger partial charge in [0.05, 0.1) is 17.5 Å². The predicted molar refractivity (Wildman–Crippen MR) is 196 cm³/mol. The standard InChI is InChI=1S/C37H48N6O7S2/c1-5-24-17-37(24,33(46)41-52(48,49)27-14-15-27)40-31(44)29-16-26-19-43(29)32(45)30(36(2,3)4)39-34-38-25(21-51-34)13-8-6-7-10-22-11-9-12-23-18-42(20-28(22)23)35(47)50-26/h5,9,11-12,21,24,26-27,29-30H,1,6-8,10,13-20H2,2-4H3,(H,38,39)(H,40,44)(H,41,46)/t24-,26-,29+,30-,37-/m1/s1. The molecule has 2 aromatic rings. The number of sulfonamides is 1. The summed E-state index contributed by atoms with van der Waals surface area (Å²) in [5.74, 6) is -2.31. The number of rotatable bonds is 6. The number of aryl methyl sites for hydroxylation is 2. The molecule has 3 N–H and O–H groups in total. The molecule has 0 spiro atoms. The lowest BCUT2D eigenvalue weighted by atomic mass is 9.85. The van der Waals surface area contributed by atoms with Crippen molar-refractivity contribution in [2.75, 3.05) is 11.9 Å². The molecule has 5 atom stereocenters. The van der Waals surface area contributed by atoms with Crippen LogP contribution in [-0.2, 0) is 55.1 Å². The van der Waals surface area contributed by atoms with Gasteiger partial charge in [0, 0.05) is 30.8 Å². The van der Waals surface area contributed by atoms with Crippen molar-refractivity contribution in [3.63, 3.8) is 0 Å². The number of nitrogens with zero attached hydrogens (tertiary/aromatic N) is 3. The summed E-state index contributed by atoms with van der Waals surface area (Å²) in [4.78, 5) is 63.9. The molecule has 15 heteroatoms. The Morgan fingerprint density at radius 2 is 1.87 bits per heavy atom. The highest BCUT2D eigenvalue weighted by Crippen LogP contribution is 2.45. The number of benzene rings is 1. The van der Waals surface area contributed by atoms with Crippen LogP contribution in [0.15, 0.2) is 36.2 Å². The number of hydrogen-bond donors (Lipinski definition) is 3. The lowest BCUT2D eigenvalue weighted by Gasteiger charge is -2.35. The largest absolute Gasteiger partial charge is 0.444 e. The van der Waals surface area contributed by atoms with Gasteiger partial charge in [0.25, 0.3) is 5.91 Å². The number of ether oxygens (including phenoxy) is 1. The zero-order valence-electron chi connectivity index (χ0n) is 30.0.